The molecule has 1 atom stereocenters. The highest BCUT2D eigenvalue weighted by atomic mass is 16.1. The molecule has 4 rings (SSSR count). The highest BCUT2D eigenvalue weighted by Gasteiger charge is 2.22. The molecule has 0 fully saturated rings. The fourth-order valence-electron chi connectivity index (χ4n) is 3.25. The van der Waals surface area contributed by atoms with Crippen LogP contribution in [0, 0.1) is 5.92 Å². The maximum atomic E-state index is 12.8. The van der Waals surface area contributed by atoms with Crippen molar-refractivity contribution in [2.45, 2.75) is 26.4 Å². The largest absolute Gasteiger partial charge is 0.342 e. The Kier molecular flexibility index (Phi) is 4.93. The standard InChI is InChI=1S/C22H23N5O/c1-15(2)20(21-24-18-5-3-4-6-19(18)25-21)26-22(28)17-9-7-16(8-10-17)13-27-12-11-23-14-27/h3-12,14-15,20H,13H2,1-2H3,(H,24,25)(H,26,28). The van der Waals surface area contributed by atoms with E-state index < -0.39 is 0 Å². The van der Waals surface area contributed by atoms with Gasteiger partial charge < -0.3 is 14.9 Å². The summed E-state index contributed by atoms with van der Waals surface area (Å²) in [5, 5.41) is 3.13. The van der Waals surface area contributed by atoms with E-state index in [1.807, 2.05) is 59.3 Å². The number of fused-ring (bicyclic) bond motifs is 1. The van der Waals surface area contributed by atoms with Gasteiger partial charge in [-0.05, 0) is 35.7 Å². The van der Waals surface area contributed by atoms with E-state index in [9.17, 15) is 4.79 Å². The number of aromatic amines is 1. The van der Waals surface area contributed by atoms with Crippen molar-refractivity contribution >= 4 is 16.9 Å². The van der Waals surface area contributed by atoms with E-state index in [1.165, 1.54) is 0 Å². The summed E-state index contributed by atoms with van der Waals surface area (Å²) in [5.74, 6) is 0.875. The van der Waals surface area contributed by atoms with Crippen molar-refractivity contribution in [3.8, 4) is 0 Å². The lowest BCUT2D eigenvalue weighted by atomic mass is 10.0. The third-order valence-corrected chi connectivity index (χ3v) is 4.80. The van der Waals surface area contributed by atoms with Crippen molar-refractivity contribution in [1.82, 2.24) is 24.8 Å². The van der Waals surface area contributed by atoms with Crippen molar-refractivity contribution in [2.24, 2.45) is 5.92 Å². The molecule has 0 aliphatic rings. The molecule has 1 amide bonds. The Hall–Kier alpha value is -3.41. The van der Waals surface area contributed by atoms with Gasteiger partial charge in [0.05, 0.1) is 23.4 Å². The summed E-state index contributed by atoms with van der Waals surface area (Å²) >= 11 is 0. The highest BCUT2D eigenvalue weighted by molar-refractivity contribution is 5.94. The summed E-state index contributed by atoms with van der Waals surface area (Å²) < 4.78 is 1.99. The summed E-state index contributed by atoms with van der Waals surface area (Å²) in [6, 6.07) is 15.4. The second-order valence-corrected chi connectivity index (χ2v) is 7.27. The van der Waals surface area contributed by atoms with Gasteiger partial charge in [-0.25, -0.2) is 9.97 Å². The number of imidazole rings is 2. The molecule has 142 valence electrons. The van der Waals surface area contributed by atoms with Crippen LogP contribution in [-0.2, 0) is 6.54 Å². The molecule has 2 aromatic carbocycles. The number of H-pyrrole nitrogens is 1. The molecule has 0 aliphatic carbocycles. The normalized spacial score (nSPS) is 12.4. The van der Waals surface area contributed by atoms with Crippen LogP contribution in [-0.4, -0.2) is 25.4 Å². The number of carbonyl (C=O) groups excluding carboxylic acids is 1. The van der Waals surface area contributed by atoms with Crippen LogP contribution in [0.15, 0.2) is 67.3 Å². The average Bonchev–Trinajstić information content (AvgIpc) is 3.35. The Labute approximate surface area is 163 Å². The first-order valence-corrected chi connectivity index (χ1v) is 9.40. The molecule has 2 heterocycles. The average molecular weight is 373 g/mol. The Morgan fingerprint density at radius 1 is 1.14 bits per heavy atom. The Morgan fingerprint density at radius 2 is 1.93 bits per heavy atom. The third-order valence-electron chi connectivity index (χ3n) is 4.80. The predicted octanol–water partition coefficient (Wildman–Crippen LogP) is 3.93. The number of rotatable bonds is 6. The minimum absolute atomic E-state index is 0.103. The molecule has 6 nitrogen and oxygen atoms in total. The molecule has 0 saturated carbocycles. The molecule has 0 bridgehead atoms. The van der Waals surface area contributed by atoms with Gasteiger partial charge in [-0.1, -0.05) is 38.1 Å². The van der Waals surface area contributed by atoms with Crippen molar-refractivity contribution in [1.29, 1.82) is 0 Å². The summed E-state index contributed by atoms with van der Waals surface area (Å²) in [7, 11) is 0. The summed E-state index contributed by atoms with van der Waals surface area (Å²) in [4.78, 5) is 24.8. The number of hydrogen-bond acceptors (Lipinski definition) is 3. The molecule has 1 unspecified atom stereocenters. The van der Waals surface area contributed by atoms with E-state index in [2.05, 4.69) is 34.1 Å². The van der Waals surface area contributed by atoms with Gasteiger partial charge in [0.1, 0.15) is 5.82 Å². The number of para-hydroxylation sites is 2. The van der Waals surface area contributed by atoms with Crippen LogP contribution in [0.4, 0.5) is 0 Å². The van der Waals surface area contributed by atoms with Gasteiger partial charge in [-0.3, -0.25) is 4.79 Å². The van der Waals surface area contributed by atoms with Gasteiger partial charge in [0.2, 0.25) is 0 Å². The van der Waals surface area contributed by atoms with E-state index in [-0.39, 0.29) is 17.9 Å². The van der Waals surface area contributed by atoms with Gasteiger partial charge in [-0.2, -0.15) is 0 Å². The second-order valence-electron chi connectivity index (χ2n) is 7.27. The SMILES string of the molecule is CC(C)C(NC(=O)c1ccc(Cn2ccnc2)cc1)c1nc2ccccc2[nH]1. The number of nitrogens with zero attached hydrogens (tertiary/aromatic N) is 3. The van der Waals surface area contributed by atoms with Gasteiger partial charge in [-0.15, -0.1) is 0 Å². The molecular formula is C22H23N5O. The molecule has 0 aliphatic heterocycles. The molecule has 28 heavy (non-hydrogen) atoms. The molecular weight excluding hydrogens is 350 g/mol. The zero-order valence-corrected chi connectivity index (χ0v) is 16.0. The molecule has 2 aromatic heterocycles. The van der Waals surface area contributed by atoms with Crippen molar-refractivity contribution in [3.05, 3.63) is 84.2 Å². The third kappa shape index (κ3) is 3.81. The van der Waals surface area contributed by atoms with Crippen LogP contribution in [0.1, 0.15) is 41.6 Å². The van der Waals surface area contributed by atoms with Crippen LogP contribution < -0.4 is 5.32 Å². The molecule has 4 aromatic rings. The number of hydrogen-bond donors (Lipinski definition) is 2. The molecule has 0 spiro atoms. The van der Waals surface area contributed by atoms with Crippen LogP contribution >= 0.6 is 0 Å². The first kappa shape index (κ1) is 18.0. The highest BCUT2D eigenvalue weighted by Crippen LogP contribution is 2.22. The van der Waals surface area contributed by atoms with Gasteiger partial charge in [0.25, 0.3) is 5.91 Å². The quantitative estimate of drug-likeness (QED) is 0.538. The summed E-state index contributed by atoms with van der Waals surface area (Å²) in [6.45, 7) is 4.88. The topological polar surface area (TPSA) is 75.6 Å². The first-order valence-electron chi connectivity index (χ1n) is 9.40. The lowest BCUT2D eigenvalue weighted by molar-refractivity contribution is 0.0923. The number of aromatic nitrogens is 4. The van der Waals surface area contributed by atoms with Crippen molar-refractivity contribution in [2.75, 3.05) is 0 Å². The maximum absolute atomic E-state index is 12.8. The molecule has 0 radical (unpaired) electrons. The van der Waals surface area contributed by atoms with Crippen LogP contribution in [0.25, 0.3) is 11.0 Å². The number of amides is 1. The number of nitrogens with one attached hydrogen (secondary N) is 2. The van der Waals surface area contributed by atoms with Crippen LogP contribution in [0.5, 0.6) is 0 Å². The maximum Gasteiger partial charge on any atom is 0.251 e. The van der Waals surface area contributed by atoms with Crippen molar-refractivity contribution < 1.29 is 4.79 Å². The molecule has 0 saturated heterocycles. The molecule has 6 heteroatoms. The monoisotopic (exact) mass is 373 g/mol. The minimum Gasteiger partial charge on any atom is -0.342 e. The van der Waals surface area contributed by atoms with Crippen LogP contribution in [0.3, 0.4) is 0 Å². The van der Waals surface area contributed by atoms with Gasteiger partial charge >= 0.3 is 0 Å². The zero-order chi connectivity index (χ0) is 19.5. The zero-order valence-electron chi connectivity index (χ0n) is 16.0. The Morgan fingerprint density at radius 3 is 2.61 bits per heavy atom. The van der Waals surface area contributed by atoms with Crippen LogP contribution in [0.2, 0.25) is 0 Å². The second kappa shape index (κ2) is 7.68. The summed E-state index contributed by atoms with van der Waals surface area (Å²) in [6.07, 6.45) is 5.45. The van der Waals surface area contributed by atoms with E-state index in [0.717, 1.165) is 29.0 Å². The first-order chi connectivity index (χ1) is 13.6. The fourth-order valence-corrected chi connectivity index (χ4v) is 3.25. The lowest BCUT2D eigenvalue weighted by Crippen LogP contribution is -2.32. The number of carbonyl (C=O) groups is 1. The van der Waals surface area contributed by atoms with Crippen molar-refractivity contribution in [3.63, 3.8) is 0 Å². The molecule has 2 N–H and O–H groups in total. The van der Waals surface area contributed by atoms with E-state index >= 15 is 0 Å². The van der Waals surface area contributed by atoms with Gasteiger partial charge in [0.15, 0.2) is 0 Å². The lowest BCUT2D eigenvalue weighted by Gasteiger charge is -2.20. The summed E-state index contributed by atoms with van der Waals surface area (Å²) in [5.41, 5.74) is 3.63. The Bertz CT molecular complexity index is 1030. The van der Waals surface area contributed by atoms with E-state index in [4.69, 9.17) is 0 Å². The fraction of sp³-hybridized carbons (Fsp3) is 0.227. The van der Waals surface area contributed by atoms with E-state index in [0.29, 0.717) is 5.56 Å². The number of benzene rings is 2. The minimum atomic E-state index is -0.189. The Balaban J connectivity index is 1.50. The van der Waals surface area contributed by atoms with E-state index in [1.54, 1.807) is 12.5 Å². The van der Waals surface area contributed by atoms with Gasteiger partial charge in [0, 0.05) is 24.5 Å². The smallest absolute Gasteiger partial charge is 0.251 e. The predicted molar refractivity (Wildman–Crippen MR) is 109 cm³/mol.